The molecule has 0 aliphatic heterocycles. The SMILES string of the molecule is O=C(Nc1ccncc1[N+](=O)[O-])c1ccc(COc2cccc(Br)c2)o1. The maximum atomic E-state index is 12.2. The lowest BCUT2D eigenvalue weighted by atomic mass is 10.3. The van der Waals surface area contributed by atoms with E-state index in [-0.39, 0.29) is 23.7 Å². The molecule has 0 aliphatic rings. The fourth-order valence-corrected chi connectivity index (χ4v) is 2.49. The molecule has 2 heterocycles. The summed E-state index contributed by atoms with van der Waals surface area (Å²) in [4.78, 5) is 26.2. The Kier molecular flexibility index (Phi) is 5.28. The van der Waals surface area contributed by atoms with Gasteiger partial charge in [0.25, 0.3) is 5.91 Å². The molecule has 0 aliphatic carbocycles. The number of nitrogens with zero attached hydrogens (tertiary/aromatic N) is 2. The van der Waals surface area contributed by atoms with E-state index < -0.39 is 10.8 Å². The average Bonchev–Trinajstić information content (AvgIpc) is 3.09. The molecule has 8 nitrogen and oxygen atoms in total. The largest absolute Gasteiger partial charge is 0.486 e. The molecule has 3 rings (SSSR count). The molecule has 1 N–H and O–H groups in total. The summed E-state index contributed by atoms with van der Waals surface area (Å²) in [6.07, 6.45) is 2.41. The molecule has 1 amide bonds. The summed E-state index contributed by atoms with van der Waals surface area (Å²) in [6.45, 7) is 0.138. The predicted molar refractivity (Wildman–Crippen MR) is 96.0 cm³/mol. The Morgan fingerprint density at radius 2 is 2.15 bits per heavy atom. The standard InChI is InChI=1S/C17H12BrN3O5/c18-11-2-1-3-12(8-11)25-10-13-4-5-16(26-13)17(22)20-14-6-7-19-9-15(14)21(23)24/h1-9H,10H2,(H,19,20,22). The van der Waals surface area contributed by atoms with E-state index in [1.165, 1.54) is 18.3 Å². The number of benzene rings is 1. The summed E-state index contributed by atoms with van der Waals surface area (Å²) in [6, 6.07) is 11.7. The van der Waals surface area contributed by atoms with Crippen molar-refractivity contribution in [1.29, 1.82) is 0 Å². The number of furan rings is 1. The smallest absolute Gasteiger partial charge is 0.310 e. The Balaban J connectivity index is 1.66. The summed E-state index contributed by atoms with van der Waals surface area (Å²) in [5.74, 6) is 0.505. The van der Waals surface area contributed by atoms with Crippen LogP contribution in [-0.2, 0) is 6.61 Å². The summed E-state index contributed by atoms with van der Waals surface area (Å²) >= 11 is 3.35. The number of carbonyl (C=O) groups is 1. The van der Waals surface area contributed by atoms with Crippen LogP contribution in [0, 0.1) is 10.1 Å². The van der Waals surface area contributed by atoms with Crippen molar-refractivity contribution in [2.24, 2.45) is 0 Å². The van der Waals surface area contributed by atoms with Gasteiger partial charge in [-0.2, -0.15) is 0 Å². The van der Waals surface area contributed by atoms with E-state index in [1.807, 2.05) is 12.1 Å². The maximum absolute atomic E-state index is 12.2. The van der Waals surface area contributed by atoms with Gasteiger partial charge in [-0.25, -0.2) is 0 Å². The minimum atomic E-state index is -0.623. The molecule has 0 fully saturated rings. The molecule has 9 heteroatoms. The highest BCUT2D eigenvalue weighted by Gasteiger charge is 2.18. The zero-order valence-corrected chi connectivity index (χ0v) is 14.8. The molecule has 26 heavy (non-hydrogen) atoms. The van der Waals surface area contributed by atoms with Crippen molar-refractivity contribution in [3.8, 4) is 5.75 Å². The first-order valence-electron chi connectivity index (χ1n) is 7.40. The molecule has 2 aromatic heterocycles. The number of hydrogen-bond donors (Lipinski definition) is 1. The topological polar surface area (TPSA) is 108 Å². The first-order chi connectivity index (χ1) is 12.5. The van der Waals surface area contributed by atoms with Gasteiger partial charge in [0.15, 0.2) is 5.76 Å². The Bertz CT molecular complexity index is 957. The molecule has 0 unspecified atom stereocenters. The number of pyridine rings is 1. The Morgan fingerprint density at radius 1 is 1.31 bits per heavy atom. The minimum Gasteiger partial charge on any atom is -0.486 e. The number of ether oxygens (including phenoxy) is 1. The van der Waals surface area contributed by atoms with Gasteiger partial charge in [0.05, 0.1) is 4.92 Å². The number of rotatable bonds is 6. The van der Waals surface area contributed by atoms with Crippen LogP contribution < -0.4 is 10.1 Å². The lowest BCUT2D eigenvalue weighted by molar-refractivity contribution is -0.384. The normalized spacial score (nSPS) is 10.3. The first-order valence-corrected chi connectivity index (χ1v) is 8.19. The predicted octanol–water partition coefficient (Wildman–Crippen LogP) is 4.18. The number of halogens is 1. The second kappa shape index (κ2) is 7.79. The van der Waals surface area contributed by atoms with Crippen molar-refractivity contribution in [1.82, 2.24) is 4.98 Å². The van der Waals surface area contributed by atoms with Gasteiger partial charge in [-0.15, -0.1) is 0 Å². The number of amides is 1. The molecule has 0 bridgehead atoms. The highest BCUT2D eigenvalue weighted by Crippen LogP contribution is 2.23. The van der Waals surface area contributed by atoms with Crippen molar-refractivity contribution in [2.75, 3.05) is 5.32 Å². The summed E-state index contributed by atoms with van der Waals surface area (Å²) in [5.41, 5.74) is -0.260. The molecule has 0 spiro atoms. The quantitative estimate of drug-likeness (QED) is 0.476. The van der Waals surface area contributed by atoms with E-state index in [9.17, 15) is 14.9 Å². The molecule has 0 atom stereocenters. The fraction of sp³-hybridized carbons (Fsp3) is 0.0588. The van der Waals surface area contributed by atoms with Crippen molar-refractivity contribution in [3.63, 3.8) is 0 Å². The number of hydrogen-bond acceptors (Lipinski definition) is 6. The van der Waals surface area contributed by atoms with Crippen LogP contribution in [0.25, 0.3) is 0 Å². The summed E-state index contributed by atoms with van der Waals surface area (Å²) in [5, 5.41) is 13.4. The van der Waals surface area contributed by atoms with E-state index in [2.05, 4.69) is 26.2 Å². The highest BCUT2D eigenvalue weighted by atomic mass is 79.9. The number of aromatic nitrogens is 1. The fourth-order valence-electron chi connectivity index (χ4n) is 2.11. The Hall–Kier alpha value is -3.20. The van der Waals surface area contributed by atoms with E-state index in [1.54, 1.807) is 18.2 Å². The van der Waals surface area contributed by atoms with Crippen molar-refractivity contribution >= 4 is 33.2 Å². The Morgan fingerprint density at radius 3 is 2.92 bits per heavy atom. The molecule has 0 saturated heterocycles. The van der Waals surface area contributed by atoms with E-state index in [0.29, 0.717) is 11.5 Å². The van der Waals surface area contributed by atoms with Gasteiger partial charge in [-0.1, -0.05) is 22.0 Å². The first kappa shape index (κ1) is 17.6. The van der Waals surface area contributed by atoms with Crippen LogP contribution in [-0.4, -0.2) is 15.8 Å². The van der Waals surface area contributed by atoms with Gasteiger partial charge in [0, 0.05) is 10.7 Å². The zero-order valence-electron chi connectivity index (χ0n) is 13.2. The molecule has 3 aromatic rings. The van der Waals surface area contributed by atoms with Gasteiger partial charge < -0.3 is 14.5 Å². The maximum Gasteiger partial charge on any atom is 0.310 e. The molecular formula is C17H12BrN3O5. The van der Waals surface area contributed by atoms with Crippen molar-refractivity contribution in [2.45, 2.75) is 6.61 Å². The van der Waals surface area contributed by atoms with E-state index >= 15 is 0 Å². The highest BCUT2D eigenvalue weighted by molar-refractivity contribution is 9.10. The van der Waals surface area contributed by atoms with Gasteiger partial charge >= 0.3 is 5.69 Å². The second-order valence-electron chi connectivity index (χ2n) is 5.12. The van der Waals surface area contributed by atoms with E-state index in [4.69, 9.17) is 9.15 Å². The molecular weight excluding hydrogens is 406 g/mol. The second-order valence-corrected chi connectivity index (χ2v) is 6.03. The summed E-state index contributed by atoms with van der Waals surface area (Å²) < 4.78 is 11.9. The third-order valence-corrected chi connectivity index (χ3v) is 3.80. The van der Waals surface area contributed by atoms with Gasteiger partial charge in [-0.05, 0) is 36.4 Å². The van der Waals surface area contributed by atoms with Crippen LogP contribution in [0.4, 0.5) is 11.4 Å². The number of nitrogens with one attached hydrogen (secondary N) is 1. The summed E-state index contributed by atoms with van der Waals surface area (Å²) in [7, 11) is 0. The monoisotopic (exact) mass is 417 g/mol. The van der Waals surface area contributed by atoms with Gasteiger partial charge in [0.1, 0.15) is 30.0 Å². The third-order valence-electron chi connectivity index (χ3n) is 3.31. The van der Waals surface area contributed by atoms with Gasteiger partial charge in [-0.3, -0.25) is 19.9 Å². The lowest BCUT2D eigenvalue weighted by Gasteiger charge is -2.05. The van der Waals surface area contributed by atoms with Crippen molar-refractivity contribution in [3.05, 3.63) is 81.0 Å². The molecule has 0 radical (unpaired) electrons. The van der Waals surface area contributed by atoms with Crippen molar-refractivity contribution < 1.29 is 18.9 Å². The minimum absolute atomic E-state index is 0.0175. The van der Waals surface area contributed by atoms with Crippen LogP contribution in [0.3, 0.4) is 0 Å². The molecule has 0 saturated carbocycles. The van der Waals surface area contributed by atoms with Crippen LogP contribution >= 0.6 is 15.9 Å². The van der Waals surface area contributed by atoms with E-state index in [0.717, 1.165) is 10.7 Å². The molecule has 132 valence electrons. The molecule has 1 aromatic carbocycles. The zero-order chi connectivity index (χ0) is 18.5. The number of carbonyl (C=O) groups excluding carboxylic acids is 1. The Labute approximate surface area is 156 Å². The van der Waals surface area contributed by atoms with Gasteiger partial charge in [0.2, 0.25) is 0 Å². The number of nitro groups is 1. The average molecular weight is 418 g/mol. The third kappa shape index (κ3) is 4.25. The van der Waals surface area contributed by atoms with Crippen LogP contribution in [0.2, 0.25) is 0 Å². The lowest BCUT2D eigenvalue weighted by Crippen LogP contribution is -2.12. The van der Waals surface area contributed by atoms with Crippen LogP contribution in [0.15, 0.2) is 63.7 Å². The number of anilines is 1. The van der Waals surface area contributed by atoms with Crippen LogP contribution in [0.5, 0.6) is 5.75 Å². The van der Waals surface area contributed by atoms with Crippen LogP contribution in [0.1, 0.15) is 16.3 Å².